The summed E-state index contributed by atoms with van der Waals surface area (Å²) in [5.74, 6) is 0.197. The standard InChI is InChI=1S/C17H21F2N5O3/c18-17(19)27-10-1-2-13(22-8-10)24-5-3-9(4-6-24)14(20)11-7-12(25)16(26)23-15(11)21/h1-2,8-9,12,17,20,25H,3-7,21H2,(H,23,26)/t12-/m0/s1. The predicted octanol–water partition coefficient (Wildman–Crippen LogP) is 0.970. The van der Waals surface area contributed by atoms with Crippen molar-refractivity contribution in [2.24, 2.45) is 11.7 Å². The van der Waals surface area contributed by atoms with E-state index in [0.717, 1.165) is 0 Å². The van der Waals surface area contributed by atoms with Gasteiger partial charge in [0.2, 0.25) is 0 Å². The minimum absolute atomic E-state index is 0.00531. The van der Waals surface area contributed by atoms with Gasteiger partial charge in [0.1, 0.15) is 23.5 Å². The van der Waals surface area contributed by atoms with Crippen molar-refractivity contribution < 1.29 is 23.4 Å². The number of aliphatic hydroxyl groups is 1. The Bertz CT molecular complexity index is 745. The number of hydrogen-bond donors (Lipinski definition) is 4. The van der Waals surface area contributed by atoms with E-state index in [-0.39, 0.29) is 23.9 Å². The summed E-state index contributed by atoms with van der Waals surface area (Å²) in [5, 5.41) is 20.5. The van der Waals surface area contributed by atoms with Gasteiger partial charge in [0.25, 0.3) is 5.91 Å². The lowest BCUT2D eigenvalue weighted by Gasteiger charge is -2.34. The van der Waals surface area contributed by atoms with Gasteiger partial charge >= 0.3 is 6.61 Å². The number of nitrogens with two attached hydrogens (primary N) is 1. The van der Waals surface area contributed by atoms with Crippen LogP contribution in [0.3, 0.4) is 0 Å². The van der Waals surface area contributed by atoms with Gasteiger partial charge in [-0.05, 0) is 25.0 Å². The SMILES string of the molecule is N=C(C1=C(N)NC(=O)[C@@H](O)C1)C1CCN(c2ccc(OC(F)F)cn2)CC1. The topological polar surface area (TPSA) is 125 Å². The maximum Gasteiger partial charge on any atom is 0.387 e. The molecule has 1 atom stereocenters. The molecule has 146 valence electrons. The number of aromatic nitrogens is 1. The van der Waals surface area contributed by atoms with E-state index in [0.29, 0.717) is 43.0 Å². The number of hydrogen-bond acceptors (Lipinski definition) is 7. The molecule has 10 heteroatoms. The van der Waals surface area contributed by atoms with Crippen molar-refractivity contribution in [3.8, 4) is 5.75 Å². The first-order chi connectivity index (χ1) is 12.8. The normalized spacial score (nSPS) is 21.4. The summed E-state index contributed by atoms with van der Waals surface area (Å²) in [5.41, 5.74) is 6.63. The zero-order chi connectivity index (χ0) is 19.6. The van der Waals surface area contributed by atoms with Gasteiger partial charge in [0.05, 0.1) is 6.20 Å². The minimum Gasteiger partial charge on any atom is -0.433 e. The number of nitrogens with zero attached hydrogens (tertiary/aromatic N) is 2. The molecule has 1 aromatic rings. The molecule has 0 aromatic carbocycles. The van der Waals surface area contributed by atoms with Gasteiger partial charge in [-0.15, -0.1) is 0 Å². The Labute approximate surface area is 154 Å². The molecule has 8 nitrogen and oxygen atoms in total. The molecule has 2 aliphatic rings. The summed E-state index contributed by atoms with van der Waals surface area (Å²) in [6, 6.07) is 3.07. The van der Waals surface area contributed by atoms with Crippen molar-refractivity contribution in [1.29, 1.82) is 5.41 Å². The van der Waals surface area contributed by atoms with Crippen molar-refractivity contribution in [2.45, 2.75) is 32.0 Å². The first-order valence-electron chi connectivity index (χ1n) is 8.57. The molecule has 3 rings (SSSR count). The first-order valence-corrected chi connectivity index (χ1v) is 8.57. The van der Waals surface area contributed by atoms with E-state index in [1.165, 1.54) is 12.3 Å². The molecule has 0 radical (unpaired) electrons. The largest absolute Gasteiger partial charge is 0.433 e. The highest BCUT2D eigenvalue weighted by molar-refractivity contribution is 6.02. The quantitative estimate of drug-likeness (QED) is 0.564. The molecule has 5 N–H and O–H groups in total. The molecule has 1 amide bonds. The number of carbonyl (C=O) groups excluding carboxylic acids is 1. The maximum absolute atomic E-state index is 12.2. The van der Waals surface area contributed by atoms with E-state index < -0.39 is 18.6 Å². The van der Waals surface area contributed by atoms with E-state index in [9.17, 15) is 18.7 Å². The molecular weight excluding hydrogens is 360 g/mol. The second kappa shape index (κ2) is 7.87. The average Bonchev–Trinajstić information content (AvgIpc) is 2.64. The Morgan fingerprint density at radius 1 is 1.41 bits per heavy atom. The number of alkyl halides is 2. The number of carbonyl (C=O) groups is 1. The van der Waals surface area contributed by atoms with Crippen LogP contribution in [0.5, 0.6) is 5.75 Å². The van der Waals surface area contributed by atoms with Crippen LogP contribution in [0.15, 0.2) is 29.7 Å². The van der Waals surface area contributed by atoms with Crippen LogP contribution in [0.1, 0.15) is 19.3 Å². The van der Waals surface area contributed by atoms with Crippen molar-refractivity contribution >= 4 is 17.4 Å². The second-order valence-corrected chi connectivity index (χ2v) is 6.51. The third-order valence-corrected chi connectivity index (χ3v) is 4.78. The van der Waals surface area contributed by atoms with E-state index in [4.69, 9.17) is 11.1 Å². The summed E-state index contributed by atoms with van der Waals surface area (Å²) in [6.07, 6.45) is 1.47. The molecule has 0 unspecified atom stereocenters. The first kappa shape index (κ1) is 19.0. The molecule has 3 heterocycles. The highest BCUT2D eigenvalue weighted by Gasteiger charge is 2.31. The van der Waals surface area contributed by atoms with Crippen LogP contribution in [0.4, 0.5) is 14.6 Å². The second-order valence-electron chi connectivity index (χ2n) is 6.51. The molecule has 0 aliphatic carbocycles. The number of halogens is 2. The molecule has 0 saturated carbocycles. The van der Waals surface area contributed by atoms with Crippen LogP contribution in [0.2, 0.25) is 0 Å². The van der Waals surface area contributed by atoms with Crippen LogP contribution in [-0.4, -0.2) is 47.5 Å². The Morgan fingerprint density at radius 2 is 2.11 bits per heavy atom. The summed E-state index contributed by atoms with van der Waals surface area (Å²) >= 11 is 0. The molecule has 1 aromatic heterocycles. The number of ether oxygens (including phenoxy) is 1. The third-order valence-electron chi connectivity index (χ3n) is 4.78. The minimum atomic E-state index is -2.88. The fourth-order valence-electron chi connectivity index (χ4n) is 3.32. The van der Waals surface area contributed by atoms with Crippen LogP contribution in [0.25, 0.3) is 0 Å². The smallest absolute Gasteiger partial charge is 0.387 e. The van der Waals surface area contributed by atoms with Crippen LogP contribution < -0.4 is 20.7 Å². The van der Waals surface area contributed by atoms with Crippen LogP contribution in [-0.2, 0) is 4.79 Å². The Balaban J connectivity index is 1.59. The van der Waals surface area contributed by atoms with Crippen LogP contribution in [0, 0.1) is 11.3 Å². The summed E-state index contributed by atoms with van der Waals surface area (Å²) in [6.45, 7) is -1.61. The van der Waals surface area contributed by atoms with Gasteiger partial charge in [-0.1, -0.05) is 0 Å². The number of piperidine rings is 1. The molecule has 1 saturated heterocycles. The van der Waals surface area contributed by atoms with Gasteiger partial charge in [-0.2, -0.15) is 8.78 Å². The Morgan fingerprint density at radius 3 is 2.70 bits per heavy atom. The van der Waals surface area contributed by atoms with Crippen molar-refractivity contribution in [1.82, 2.24) is 10.3 Å². The Hall–Kier alpha value is -2.75. The predicted molar refractivity (Wildman–Crippen MR) is 93.5 cm³/mol. The van der Waals surface area contributed by atoms with Gasteiger partial charge in [-0.3, -0.25) is 4.79 Å². The number of pyridine rings is 1. The number of nitrogens with one attached hydrogen (secondary N) is 2. The van der Waals surface area contributed by atoms with E-state index in [1.807, 2.05) is 4.90 Å². The van der Waals surface area contributed by atoms with Gasteiger partial charge in [0.15, 0.2) is 0 Å². The van der Waals surface area contributed by atoms with Gasteiger partial charge in [-0.25, -0.2) is 4.98 Å². The lowest BCUT2D eigenvalue weighted by molar-refractivity contribution is -0.129. The van der Waals surface area contributed by atoms with Crippen molar-refractivity contribution in [3.05, 3.63) is 29.7 Å². The zero-order valence-electron chi connectivity index (χ0n) is 14.5. The summed E-state index contributed by atoms with van der Waals surface area (Å²) in [4.78, 5) is 17.6. The fourth-order valence-corrected chi connectivity index (χ4v) is 3.32. The van der Waals surface area contributed by atoms with E-state index in [1.54, 1.807) is 6.07 Å². The number of amides is 1. The maximum atomic E-state index is 12.2. The fraction of sp³-hybridized carbons (Fsp3) is 0.471. The summed E-state index contributed by atoms with van der Waals surface area (Å²) in [7, 11) is 0. The van der Waals surface area contributed by atoms with Gasteiger partial charge < -0.3 is 31.2 Å². The molecule has 0 spiro atoms. The molecule has 2 aliphatic heterocycles. The highest BCUT2D eigenvalue weighted by atomic mass is 19.3. The highest BCUT2D eigenvalue weighted by Crippen LogP contribution is 2.28. The van der Waals surface area contributed by atoms with E-state index >= 15 is 0 Å². The van der Waals surface area contributed by atoms with Gasteiger partial charge in [0, 0.05) is 36.7 Å². The zero-order valence-corrected chi connectivity index (χ0v) is 14.5. The lowest BCUT2D eigenvalue weighted by Crippen LogP contribution is -2.45. The van der Waals surface area contributed by atoms with Crippen LogP contribution >= 0.6 is 0 Å². The molecular formula is C17H21F2N5O3. The Kier molecular flexibility index (Phi) is 5.54. The monoisotopic (exact) mass is 381 g/mol. The summed E-state index contributed by atoms with van der Waals surface area (Å²) < 4.78 is 28.7. The number of anilines is 1. The van der Waals surface area contributed by atoms with Crippen molar-refractivity contribution in [2.75, 3.05) is 18.0 Å². The third kappa shape index (κ3) is 4.33. The number of rotatable bonds is 5. The average molecular weight is 381 g/mol. The lowest BCUT2D eigenvalue weighted by atomic mass is 9.85. The molecule has 1 fully saturated rings. The molecule has 27 heavy (non-hydrogen) atoms. The number of aliphatic hydroxyl groups excluding tert-OH is 1. The molecule has 0 bridgehead atoms. The van der Waals surface area contributed by atoms with E-state index in [2.05, 4.69) is 15.0 Å². The van der Waals surface area contributed by atoms with Crippen molar-refractivity contribution in [3.63, 3.8) is 0 Å².